The first-order valence-electron chi connectivity index (χ1n) is 10.8. The van der Waals surface area contributed by atoms with E-state index in [1.54, 1.807) is 12.1 Å². The van der Waals surface area contributed by atoms with Crippen molar-refractivity contribution in [2.75, 3.05) is 26.2 Å². The lowest BCUT2D eigenvalue weighted by Gasteiger charge is -2.25. The number of sulfonamides is 1. The van der Waals surface area contributed by atoms with E-state index in [0.717, 1.165) is 19.3 Å². The van der Waals surface area contributed by atoms with Crippen LogP contribution in [-0.4, -0.2) is 57.0 Å². The summed E-state index contributed by atoms with van der Waals surface area (Å²) in [6.45, 7) is 3.13. The Hall–Kier alpha value is -3.24. The molecular formula is C23H28N4O5S. The number of hydrogen-bond acceptors (Lipinski definition) is 6. The highest BCUT2D eigenvalue weighted by molar-refractivity contribution is 7.89. The van der Waals surface area contributed by atoms with Gasteiger partial charge in [0.2, 0.25) is 10.0 Å². The maximum Gasteiger partial charge on any atom is 0.259 e. The molecular weight excluding hydrogens is 444 g/mol. The van der Waals surface area contributed by atoms with Crippen molar-refractivity contribution in [1.82, 2.24) is 15.0 Å². The summed E-state index contributed by atoms with van der Waals surface area (Å²) < 4.78 is 32.4. The van der Waals surface area contributed by atoms with Crippen LogP contribution in [-0.2, 0) is 14.8 Å². The first-order valence-corrected chi connectivity index (χ1v) is 12.3. The van der Waals surface area contributed by atoms with Crippen LogP contribution in [0.1, 0.15) is 42.1 Å². The summed E-state index contributed by atoms with van der Waals surface area (Å²) in [5.41, 5.74) is 3.32. The van der Waals surface area contributed by atoms with Crippen LogP contribution in [0.4, 0.5) is 0 Å². The molecule has 9 nitrogen and oxygen atoms in total. The van der Waals surface area contributed by atoms with Crippen LogP contribution in [0, 0.1) is 0 Å². The zero-order valence-electron chi connectivity index (χ0n) is 18.5. The first kappa shape index (κ1) is 24.4. The lowest BCUT2D eigenvalue weighted by molar-refractivity contribution is -0.120. The molecule has 1 saturated heterocycles. The van der Waals surface area contributed by atoms with Gasteiger partial charge in [0, 0.05) is 24.2 Å². The molecule has 2 aromatic carbocycles. The normalized spacial score (nSPS) is 14.7. The Morgan fingerprint density at radius 3 is 2.45 bits per heavy atom. The lowest BCUT2D eigenvalue weighted by atomic mass is 10.2. The average molecular weight is 473 g/mol. The number of carbonyl (C=O) groups excluding carboxylic acids is 2. The average Bonchev–Trinajstić information content (AvgIpc) is 2.84. The maximum atomic E-state index is 12.7. The Kier molecular flexibility index (Phi) is 8.56. The molecule has 0 aliphatic carbocycles. The highest BCUT2D eigenvalue weighted by atomic mass is 32.2. The van der Waals surface area contributed by atoms with Crippen LogP contribution in [0.2, 0.25) is 0 Å². The zero-order chi connectivity index (χ0) is 23.7. The predicted octanol–water partition coefficient (Wildman–Crippen LogP) is 2.14. The summed E-state index contributed by atoms with van der Waals surface area (Å²) in [5.74, 6) is -0.340. The Morgan fingerprint density at radius 1 is 1.06 bits per heavy atom. The molecule has 3 rings (SSSR count). The number of para-hydroxylation sites is 1. The number of hydrazone groups is 1. The van der Waals surface area contributed by atoms with Gasteiger partial charge in [0.1, 0.15) is 5.75 Å². The molecule has 2 amide bonds. The lowest BCUT2D eigenvalue weighted by Crippen LogP contribution is -2.36. The molecule has 1 fully saturated rings. The molecule has 0 atom stereocenters. The Balaban J connectivity index is 1.51. The number of carbonyl (C=O) groups is 2. The van der Waals surface area contributed by atoms with Crippen molar-refractivity contribution in [2.24, 2.45) is 5.10 Å². The van der Waals surface area contributed by atoms with E-state index in [-0.39, 0.29) is 17.0 Å². The highest BCUT2D eigenvalue weighted by Gasteiger charge is 2.25. The van der Waals surface area contributed by atoms with Crippen molar-refractivity contribution in [2.45, 2.75) is 31.1 Å². The predicted molar refractivity (Wildman–Crippen MR) is 125 cm³/mol. The summed E-state index contributed by atoms with van der Waals surface area (Å²) >= 11 is 0. The molecule has 2 N–H and O–H groups in total. The minimum absolute atomic E-state index is 0.153. The van der Waals surface area contributed by atoms with E-state index in [4.69, 9.17) is 4.74 Å². The summed E-state index contributed by atoms with van der Waals surface area (Å²) in [6, 6.07) is 13.0. The standard InChI is InChI=1S/C23H28N4O5S/c1-2-32-21-9-5-4-8-19(21)16-25-26-22(28)17-24-23(29)18-10-12-20(13-11-18)33(30,31)27-14-6-3-7-15-27/h4-5,8-13,16H,2-3,6-7,14-15,17H2,1H3,(H,24,29)(H,26,28)/b25-16-. The monoisotopic (exact) mass is 472 g/mol. The topological polar surface area (TPSA) is 117 Å². The van der Waals surface area contributed by atoms with Crippen molar-refractivity contribution in [3.8, 4) is 5.75 Å². The van der Waals surface area contributed by atoms with Crippen LogP contribution in [0.3, 0.4) is 0 Å². The Labute approximate surface area is 193 Å². The number of ether oxygens (including phenoxy) is 1. The van der Waals surface area contributed by atoms with Gasteiger partial charge in [-0.1, -0.05) is 18.6 Å². The van der Waals surface area contributed by atoms with Crippen LogP contribution in [0.25, 0.3) is 0 Å². The number of rotatable bonds is 9. The van der Waals surface area contributed by atoms with Crippen molar-refractivity contribution < 1.29 is 22.7 Å². The van der Waals surface area contributed by atoms with Gasteiger partial charge in [-0.25, -0.2) is 13.8 Å². The molecule has 33 heavy (non-hydrogen) atoms. The SMILES string of the molecule is CCOc1ccccc1/C=N\NC(=O)CNC(=O)c1ccc(S(=O)(=O)N2CCCCC2)cc1. The fourth-order valence-electron chi connectivity index (χ4n) is 3.38. The number of nitrogens with zero attached hydrogens (tertiary/aromatic N) is 2. The maximum absolute atomic E-state index is 12.7. The number of hydrogen-bond donors (Lipinski definition) is 2. The third kappa shape index (κ3) is 6.62. The summed E-state index contributed by atoms with van der Waals surface area (Å²) in [7, 11) is -3.56. The van der Waals surface area contributed by atoms with E-state index < -0.39 is 21.8 Å². The van der Waals surface area contributed by atoms with Gasteiger partial charge in [-0.3, -0.25) is 9.59 Å². The fourth-order valence-corrected chi connectivity index (χ4v) is 4.90. The minimum Gasteiger partial charge on any atom is -0.493 e. The summed E-state index contributed by atoms with van der Waals surface area (Å²) in [5, 5.41) is 6.38. The van der Waals surface area contributed by atoms with Gasteiger partial charge in [0.25, 0.3) is 11.8 Å². The Bertz CT molecular complexity index is 1090. The van der Waals surface area contributed by atoms with Crippen LogP contribution in [0.15, 0.2) is 58.5 Å². The van der Waals surface area contributed by atoms with Gasteiger partial charge in [0.15, 0.2) is 0 Å². The van der Waals surface area contributed by atoms with Crippen molar-refractivity contribution in [3.05, 3.63) is 59.7 Å². The summed E-state index contributed by atoms with van der Waals surface area (Å²) in [4.78, 5) is 24.5. The van der Waals surface area contributed by atoms with E-state index in [2.05, 4.69) is 15.8 Å². The van der Waals surface area contributed by atoms with Gasteiger partial charge >= 0.3 is 0 Å². The van der Waals surface area contributed by atoms with Crippen LogP contribution < -0.4 is 15.5 Å². The number of piperidine rings is 1. The molecule has 2 aromatic rings. The molecule has 0 bridgehead atoms. The fraction of sp³-hybridized carbons (Fsp3) is 0.348. The molecule has 10 heteroatoms. The van der Waals surface area contributed by atoms with E-state index in [1.807, 2.05) is 19.1 Å². The van der Waals surface area contributed by atoms with Crippen molar-refractivity contribution >= 4 is 28.1 Å². The quantitative estimate of drug-likeness (QED) is 0.428. The van der Waals surface area contributed by atoms with Crippen LogP contribution in [0.5, 0.6) is 5.75 Å². The molecule has 1 aliphatic heterocycles. The van der Waals surface area contributed by atoms with Crippen molar-refractivity contribution in [1.29, 1.82) is 0 Å². The second-order valence-electron chi connectivity index (χ2n) is 7.44. The third-order valence-electron chi connectivity index (χ3n) is 5.09. The number of benzene rings is 2. The van der Waals surface area contributed by atoms with E-state index >= 15 is 0 Å². The molecule has 0 saturated carbocycles. The zero-order valence-corrected chi connectivity index (χ0v) is 19.3. The molecule has 0 spiro atoms. The minimum atomic E-state index is -3.56. The largest absolute Gasteiger partial charge is 0.493 e. The third-order valence-corrected chi connectivity index (χ3v) is 7.00. The van der Waals surface area contributed by atoms with E-state index in [1.165, 1.54) is 34.8 Å². The number of nitrogens with one attached hydrogen (secondary N) is 2. The van der Waals surface area contributed by atoms with Crippen LogP contribution >= 0.6 is 0 Å². The van der Waals surface area contributed by atoms with Gasteiger partial charge < -0.3 is 10.1 Å². The molecule has 0 radical (unpaired) electrons. The van der Waals surface area contributed by atoms with Gasteiger partial charge in [0.05, 0.1) is 24.3 Å². The molecule has 1 heterocycles. The second-order valence-corrected chi connectivity index (χ2v) is 9.37. The van der Waals surface area contributed by atoms with Gasteiger partial charge in [-0.15, -0.1) is 0 Å². The Morgan fingerprint density at radius 2 is 1.76 bits per heavy atom. The summed E-state index contributed by atoms with van der Waals surface area (Å²) in [6.07, 6.45) is 4.20. The second kappa shape index (κ2) is 11.6. The highest BCUT2D eigenvalue weighted by Crippen LogP contribution is 2.21. The van der Waals surface area contributed by atoms with E-state index in [0.29, 0.717) is 31.0 Å². The van der Waals surface area contributed by atoms with E-state index in [9.17, 15) is 18.0 Å². The van der Waals surface area contributed by atoms with Crippen molar-refractivity contribution in [3.63, 3.8) is 0 Å². The molecule has 0 unspecified atom stereocenters. The number of amides is 2. The molecule has 0 aromatic heterocycles. The van der Waals surface area contributed by atoms with Gasteiger partial charge in [-0.05, 0) is 56.2 Å². The molecule has 1 aliphatic rings. The molecule has 176 valence electrons. The smallest absolute Gasteiger partial charge is 0.259 e. The van der Waals surface area contributed by atoms with Gasteiger partial charge in [-0.2, -0.15) is 9.41 Å². The first-order chi connectivity index (χ1) is 15.9.